The summed E-state index contributed by atoms with van der Waals surface area (Å²) < 4.78 is 24.2. The van der Waals surface area contributed by atoms with Gasteiger partial charge in [-0.15, -0.1) is 0 Å². The number of nitrogens with one attached hydrogen (secondary N) is 1. The number of nitrogens with zero attached hydrogens (tertiary/aromatic N) is 2. The molecule has 3 amide bonds. The number of oxazole rings is 1. The summed E-state index contributed by atoms with van der Waals surface area (Å²) in [4.78, 5) is 30.7. The van der Waals surface area contributed by atoms with E-state index in [9.17, 15) is 14.0 Å². The Morgan fingerprint density at radius 3 is 2.54 bits per heavy atom. The molecule has 7 nitrogen and oxygen atoms in total. The van der Waals surface area contributed by atoms with Gasteiger partial charge in [-0.3, -0.25) is 9.69 Å². The van der Waals surface area contributed by atoms with Gasteiger partial charge in [-0.2, -0.15) is 0 Å². The van der Waals surface area contributed by atoms with E-state index < -0.39 is 17.5 Å². The van der Waals surface area contributed by atoms with Gasteiger partial charge in [0.05, 0.1) is 6.20 Å². The first-order chi connectivity index (χ1) is 13.3. The molecule has 1 aliphatic heterocycles. The van der Waals surface area contributed by atoms with Crippen LogP contribution in [0, 0.1) is 19.7 Å². The molecule has 1 aliphatic rings. The highest BCUT2D eigenvalue weighted by molar-refractivity contribution is 6.07. The lowest BCUT2D eigenvalue weighted by Crippen LogP contribution is -2.41. The topological polar surface area (TPSA) is 88.6 Å². The molecule has 8 heteroatoms. The SMILES string of the molecule is Cc1cc(C2(C)NC(=O)N(Cc3ncc(-c4ccc(F)cc4)o3)C2=O)c(C)o1. The number of aryl methyl sites for hydroxylation is 2. The predicted molar refractivity (Wildman–Crippen MR) is 96.5 cm³/mol. The van der Waals surface area contributed by atoms with Crippen molar-refractivity contribution in [1.29, 1.82) is 0 Å². The molecule has 1 unspecified atom stereocenters. The number of urea groups is 1. The van der Waals surface area contributed by atoms with Crippen molar-refractivity contribution in [3.63, 3.8) is 0 Å². The maximum atomic E-state index is 13.1. The molecule has 0 aliphatic carbocycles. The lowest BCUT2D eigenvalue weighted by atomic mass is 9.92. The highest BCUT2D eigenvalue weighted by atomic mass is 19.1. The molecule has 0 spiro atoms. The number of carbonyl (C=O) groups is 2. The number of benzene rings is 1. The Balaban J connectivity index is 1.57. The summed E-state index contributed by atoms with van der Waals surface area (Å²) in [7, 11) is 0. The molecule has 1 aromatic carbocycles. The van der Waals surface area contributed by atoms with E-state index in [0.29, 0.717) is 28.4 Å². The molecule has 1 atom stereocenters. The van der Waals surface area contributed by atoms with E-state index in [-0.39, 0.29) is 18.3 Å². The molecule has 2 aromatic heterocycles. The zero-order chi connectivity index (χ0) is 20.1. The number of aromatic nitrogens is 1. The fraction of sp³-hybridized carbons (Fsp3) is 0.250. The minimum absolute atomic E-state index is 0.114. The van der Waals surface area contributed by atoms with E-state index in [0.717, 1.165) is 4.90 Å². The third-order valence-corrected chi connectivity index (χ3v) is 4.83. The van der Waals surface area contributed by atoms with Crippen molar-refractivity contribution in [1.82, 2.24) is 15.2 Å². The second kappa shape index (κ2) is 6.33. The molecule has 0 radical (unpaired) electrons. The predicted octanol–water partition coefficient (Wildman–Crippen LogP) is 3.66. The summed E-state index contributed by atoms with van der Waals surface area (Å²) in [5, 5.41) is 2.73. The van der Waals surface area contributed by atoms with Gasteiger partial charge in [-0.25, -0.2) is 14.2 Å². The van der Waals surface area contributed by atoms with Crippen molar-refractivity contribution in [2.24, 2.45) is 0 Å². The number of rotatable bonds is 4. The van der Waals surface area contributed by atoms with Gasteiger partial charge in [-0.05, 0) is 51.1 Å². The number of hydrogen-bond donors (Lipinski definition) is 1. The smallest absolute Gasteiger partial charge is 0.325 e. The van der Waals surface area contributed by atoms with Crippen molar-refractivity contribution in [3.05, 3.63) is 65.3 Å². The summed E-state index contributed by atoms with van der Waals surface area (Å²) in [5.74, 6) is 1.09. The summed E-state index contributed by atoms with van der Waals surface area (Å²) >= 11 is 0. The van der Waals surface area contributed by atoms with Crippen LogP contribution >= 0.6 is 0 Å². The van der Waals surface area contributed by atoms with Crippen LogP contribution in [0.15, 0.2) is 45.4 Å². The molecule has 1 saturated heterocycles. The molecule has 3 heterocycles. The minimum atomic E-state index is -1.22. The van der Waals surface area contributed by atoms with E-state index in [1.54, 1.807) is 39.0 Å². The third kappa shape index (κ3) is 2.87. The third-order valence-electron chi connectivity index (χ3n) is 4.83. The highest BCUT2D eigenvalue weighted by Gasteiger charge is 2.50. The molecule has 1 N–H and O–H groups in total. The van der Waals surface area contributed by atoms with Gasteiger partial charge >= 0.3 is 6.03 Å². The fourth-order valence-corrected chi connectivity index (χ4v) is 3.42. The number of amides is 3. The van der Waals surface area contributed by atoms with E-state index in [1.807, 2.05) is 0 Å². The van der Waals surface area contributed by atoms with Crippen molar-refractivity contribution in [2.75, 3.05) is 0 Å². The van der Waals surface area contributed by atoms with Crippen molar-refractivity contribution in [2.45, 2.75) is 32.9 Å². The van der Waals surface area contributed by atoms with Crippen LogP contribution in [-0.4, -0.2) is 21.8 Å². The van der Waals surface area contributed by atoms with Crippen molar-refractivity contribution in [3.8, 4) is 11.3 Å². The Bertz CT molecular complexity index is 1070. The fourth-order valence-electron chi connectivity index (χ4n) is 3.42. The van der Waals surface area contributed by atoms with Gasteiger partial charge in [0.2, 0.25) is 5.89 Å². The van der Waals surface area contributed by atoms with Crippen molar-refractivity contribution < 1.29 is 22.8 Å². The molecular weight excluding hydrogens is 365 g/mol. The number of halogens is 1. The van der Waals surface area contributed by atoms with Gasteiger partial charge in [0.25, 0.3) is 5.91 Å². The summed E-state index contributed by atoms with van der Waals surface area (Å²) in [6.45, 7) is 5.06. The molecule has 0 bridgehead atoms. The molecule has 3 aromatic rings. The number of carbonyl (C=O) groups excluding carboxylic acids is 2. The first-order valence-corrected chi connectivity index (χ1v) is 8.70. The maximum Gasteiger partial charge on any atom is 0.325 e. The van der Waals surface area contributed by atoms with Crippen LogP contribution in [0.25, 0.3) is 11.3 Å². The standard InChI is InChI=1S/C20H18FN3O4/c1-11-8-15(12(2)27-11)20(3)18(25)24(19(26)23-20)10-17-22-9-16(28-17)13-4-6-14(21)7-5-13/h4-9H,10H2,1-3H3,(H,23,26). The Hall–Kier alpha value is -3.42. The van der Waals surface area contributed by atoms with Gasteiger partial charge in [0.1, 0.15) is 29.4 Å². The normalized spacial score (nSPS) is 19.4. The number of imide groups is 1. The largest absolute Gasteiger partial charge is 0.466 e. The Morgan fingerprint density at radius 1 is 1.18 bits per heavy atom. The second-order valence-electron chi connectivity index (χ2n) is 6.90. The van der Waals surface area contributed by atoms with Crippen LogP contribution in [0.2, 0.25) is 0 Å². The number of hydrogen-bond acceptors (Lipinski definition) is 5. The van der Waals surface area contributed by atoms with Crippen LogP contribution < -0.4 is 5.32 Å². The second-order valence-corrected chi connectivity index (χ2v) is 6.90. The van der Waals surface area contributed by atoms with Gasteiger partial charge in [0.15, 0.2) is 5.76 Å². The van der Waals surface area contributed by atoms with Crippen LogP contribution in [0.4, 0.5) is 9.18 Å². The summed E-state index contributed by atoms with van der Waals surface area (Å²) in [6, 6.07) is 6.97. The van der Waals surface area contributed by atoms with Gasteiger partial charge in [-0.1, -0.05) is 0 Å². The lowest BCUT2D eigenvalue weighted by Gasteiger charge is -2.20. The Kier molecular flexibility index (Phi) is 4.06. The molecule has 28 heavy (non-hydrogen) atoms. The van der Waals surface area contributed by atoms with Crippen LogP contribution in [0.1, 0.15) is 29.9 Å². The van der Waals surface area contributed by atoms with Crippen LogP contribution in [0.3, 0.4) is 0 Å². The molecule has 1 fully saturated rings. The average molecular weight is 383 g/mol. The molecule has 0 saturated carbocycles. The van der Waals surface area contributed by atoms with Gasteiger partial charge in [0, 0.05) is 11.1 Å². The molecule has 4 rings (SSSR count). The quantitative estimate of drug-likeness (QED) is 0.695. The Morgan fingerprint density at radius 2 is 1.89 bits per heavy atom. The van der Waals surface area contributed by atoms with Crippen molar-refractivity contribution >= 4 is 11.9 Å². The zero-order valence-corrected chi connectivity index (χ0v) is 15.6. The molecular formula is C20H18FN3O4. The van der Waals surface area contributed by atoms with E-state index >= 15 is 0 Å². The summed E-state index contributed by atoms with van der Waals surface area (Å²) in [5.41, 5.74) is 0.0441. The van der Waals surface area contributed by atoms with Crippen LogP contribution in [-0.2, 0) is 16.9 Å². The minimum Gasteiger partial charge on any atom is -0.466 e. The highest BCUT2D eigenvalue weighted by Crippen LogP contribution is 2.33. The first-order valence-electron chi connectivity index (χ1n) is 8.70. The average Bonchev–Trinajstić information content (AvgIpc) is 3.30. The van der Waals surface area contributed by atoms with Gasteiger partial charge < -0.3 is 14.2 Å². The first kappa shape index (κ1) is 18.0. The molecule has 144 valence electrons. The monoisotopic (exact) mass is 383 g/mol. The van der Waals surface area contributed by atoms with E-state index in [4.69, 9.17) is 8.83 Å². The zero-order valence-electron chi connectivity index (χ0n) is 15.6. The van der Waals surface area contributed by atoms with E-state index in [1.165, 1.54) is 18.3 Å². The lowest BCUT2D eigenvalue weighted by molar-refractivity contribution is -0.131. The maximum absolute atomic E-state index is 13.1. The number of furan rings is 1. The van der Waals surface area contributed by atoms with Crippen LogP contribution in [0.5, 0.6) is 0 Å². The summed E-state index contributed by atoms with van der Waals surface area (Å²) in [6.07, 6.45) is 1.48. The van der Waals surface area contributed by atoms with E-state index in [2.05, 4.69) is 10.3 Å². The Labute approximate surface area is 160 Å².